The van der Waals surface area contributed by atoms with Crippen LogP contribution >= 0.6 is 0 Å². The molecule has 1 heterocycles. The van der Waals surface area contributed by atoms with E-state index in [0.717, 1.165) is 13.1 Å². The van der Waals surface area contributed by atoms with Crippen molar-refractivity contribution in [2.75, 3.05) is 39.9 Å². The molecule has 4 N–H and O–H groups in total. The Morgan fingerprint density at radius 3 is 2.72 bits per heavy atom. The standard InChI is InChI=1S/C12H27N5O/c1-11(10-18-2)15-12(16-13)14-6-9-17-7-4-3-5-8-17/h11H,3-10,13H2,1-2H3,(H2,14,15,16). The molecule has 0 amide bonds. The van der Waals surface area contributed by atoms with E-state index in [2.05, 4.69) is 20.6 Å². The Bertz CT molecular complexity index is 241. The maximum Gasteiger partial charge on any atom is 0.206 e. The predicted octanol–water partition coefficient (Wildman–Crippen LogP) is -0.0839. The zero-order valence-electron chi connectivity index (χ0n) is 11.6. The van der Waals surface area contributed by atoms with E-state index in [1.54, 1.807) is 7.11 Å². The van der Waals surface area contributed by atoms with Crippen molar-refractivity contribution in [2.24, 2.45) is 10.8 Å². The molecule has 1 aliphatic rings. The van der Waals surface area contributed by atoms with E-state index in [0.29, 0.717) is 12.6 Å². The van der Waals surface area contributed by atoms with E-state index in [9.17, 15) is 0 Å². The maximum atomic E-state index is 5.44. The summed E-state index contributed by atoms with van der Waals surface area (Å²) in [7, 11) is 1.68. The number of hydrazine groups is 1. The number of nitrogens with one attached hydrogen (secondary N) is 2. The number of aliphatic imine (C=N–C) groups is 1. The molecule has 0 aromatic heterocycles. The minimum atomic E-state index is 0.194. The summed E-state index contributed by atoms with van der Waals surface area (Å²) >= 11 is 0. The third-order valence-corrected chi connectivity index (χ3v) is 3.07. The molecule has 0 saturated carbocycles. The van der Waals surface area contributed by atoms with Crippen molar-refractivity contribution in [2.45, 2.75) is 32.2 Å². The first kappa shape index (κ1) is 15.2. The molecule has 18 heavy (non-hydrogen) atoms. The quantitative estimate of drug-likeness (QED) is 0.268. The molecule has 0 aromatic rings. The van der Waals surface area contributed by atoms with Crippen LogP contribution in [0.15, 0.2) is 4.99 Å². The van der Waals surface area contributed by atoms with Crippen LogP contribution in [0.2, 0.25) is 0 Å². The Labute approximate surface area is 110 Å². The van der Waals surface area contributed by atoms with Crippen LogP contribution in [0, 0.1) is 0 Å². The van der Waals surface area contributed by atoms with Crippen LogP contribution in [-0.4, -0.2) is 56.8 Å². The van der Waals surface area contributed by atoms with E-state index < -0.39 is 0 Å². The number of hydrogen-bond donors (Lipinski definition) is 3. The highest BCUT2D eigenvalue weighted by Gasteiger charge is 2.09. The first-order valence-electron chi connectivity index (χ1n) is 6.75. The van der Waals surface area contributed by atoms with Crippen molar-refractivity contribution in [3.8, 4) is 0 Å². The Morgan fingerprint density at radius 1 is 1.39 bits per heavy atom. The number of nitrogens with zero attached hydrogens (tertiary/aromatic N) is 2. The second kappa shape index (κ2) is 9.13. The van der Waals surface area contributed by atoms with Gasteiger partial charge in [0, 0.05) is 19.7 Å². The lowest BCUT2D eigenvalue weighted by molar-refractivity contribution is 0.179. The molecule has 1 atom stereocenters. The number of piperidine rings is 1. The molecule has 6 nitrogen and oxygen atoms in total. The van der Waals surface area contributed by atoms with Gasteiger partial charge in [-0.15, -0.1) is 0 Å². The number of guanidine groups is 1. The van der Waals surface area contributed by atoms with Gasteiger partial charge in [0.15, 0.2) is 0 Å². The van der Waals surface area contributed by atoms with Crippen molar-refractivity contribution >= 4 is 5.96 Å². The maximum absolute atomic E-state index is 5.44. The van der Waals surface area contributed by atoms with E-state index in [1.807, 2.05) is 6.92 Å². The fourth-order valence-corrected chi connectivity index (χ4v) is 2.14. The third-order valence-electron chi connectivity index (χ3n) is 3.07. The summed E-state index contributed by atoms with van der Waals surface area (Å²) in [5, 5.41) is 3.18. The molecule has 0 aliphatic carbocycles. The first-order chi connectivity index (χ1) is 8.76. The summed E-state index contributed by atoms with van der Waals surface area (Å²) in [6, 6.07) is 0.194. The fourth-order valence-electron chi connectivity index (χ4n) is 2.14. The Morgan fingerprint density at radius 2 is 2.11 bits per heavy atom. The topological polar surface area (TPSA) is 74.9 Å². The van der Waals surface area contributed by atoms with Gasteiger partial charge in [-0.05, 0) is 32.9 Å². The first-order valence-corrected chi connectivity index (χ1v) is 6.75. The molecule has 1 unspecified atom stereocenters. The summed E-state index contributed by atoms with van der Waals surface area (Å²) in [6.07, 6.45) is 4.00. The highest BCUT2D eigenvalue weighted by molar-refractivity contribution is 5.79. The number of ether oxygens (including phenoxy) is 1. The molecule has 0 spiro atoms. The Hall–Kier alpha value is -0.850. The fraction of sp³-hybridized carbons (Fsp3) is 0.917. The predicted molar refractivity (Wildman–Crippen MR) is 74.4 cm³/mol. The molecule has 1 aliphatic heterocycles. The summed E-state index contributed by atoms with van der Waals surface area (Å²) < 4.78 is 5.05. The van der Waals surface area contributed by atoms with Crippen LogP contribution in [0.4, 0.5) is 0 Å². The van der Waals surface area contributed by atoms with Crippen molar-refractivity contribution in [3.63, 3.8) is 0 Å². The lowest BCUT2D eigenvalue weighted by Gasteiger charge is -2.25. The molecule has 0 bridgehead atoms. The van der Waals surface area contributed by atoms with Crippen LogP contribution in [0.3, 0.4) is 0 Å². The minimum Gasteiger partial charge on any atom is -0.383 e. The van der Waals surface area contributed by atoms with Crippen LogP contribution in [0.25, 0.3) is 0 Å². The van der Waals surface area contributed by atoms with Crippen molar-refractivity contribution in [3.05, 3.63) is 0 Å². The van der Waals surface area contributed by atoms with Gasteiger partial charge in [-0.2, -0.15) is 0 Å². The smallest absolute Gasteiger partial charge is 0.206 e. The van der Waals surface area contributed by atoms with Gasteiger partial charge >= 0.3 is 0 Å². The van der Waals surface area contributed by atoms with Crippen LogP contribution in [0.5, 0.6) is 0 Å². The number of rotatable bonds is 6. The van der Waals surface area contributed by atoms with E-state index in [-0.39, 0.29) is 6.04 Å². The third kappa shape index (κ3) is 6.18. The summed E-state index contributed by atoms with van der Waals surface area (Å²) in [4.78, 5) is 6.89. The van der Waals surface area contributed by atoms with Crippen molar-refractivity contribution in [1.29, 1.82) is 0 Å². The normalized spacial score (nSPS) is 19.6. The Kier molecular flexibility index (Phi) is 7.71. The van der Waals surface area contributed by atoms with Crippen LogP contribution in [-0.2, 0) is 4.74 Å². The second-order valence-electron chi connectivity index (χ2n) is 4.78. The molecule has 0 radical (unpaired) electrons. The average molecular weight is 257 g/mol. The molecule has 6 heteroatoms. The summed E-state index contributed by atoms with van der Waals surface area (Å²) in [5.41, 5.74) is 2.59. The SMILES string of the molecule is COCC(C)NC(=NCCN1CCCCC1)NN. The average Bonchev–Trinajstić information content (AvgIpc) is 2.39. The number of hydrogen-bond acceptors (Lipinski definition) is 4. The van der Waals surface area contributed by atoms with Gasteiger partial charge < -0.3 is 15.0 Å². The van der Waals surface area contributed by atoms with Crippen molar-refractivity contribution in [1.82, 2.24) is 15.6 Å². The Balaban J connectivity index is 2.23. The van der Waals surface area contributed by atoms with E-state index >= 15 is 0 Å². The van der Waals surface area contributed by atoms with Gasteiger partial charge in [-0.3, -0.25) is 10.4 Å². The monoisotopic (exact) mass is 257 g/mol. The molecular formula is C12H27N5O. The molecule has 106 valence electrons. The minimum absolute atomic E-state index is 0.194. The van der Waals surface area contributed by atoms with Gasteiger partial charge in [-0.25, -0.2) is 5.84 Å². The van der Waals surface area contributed by atoms with E-state index in [1.165, 1.54) is 32.4 Å². The van der Waals surface area contributed by atoms with E-state index in [4.69, 9.17) is 10.6 Å². The van der Waals surface area contributed by atoms with Gasteiger partial charge in [0.1, 0.15) is 0 Å². The molecular weight excluding hydrogens is 230 g/mol. The lowest BCUT2D eigenvalue weighted by Crippen LogP contribution is -2.47. The van der Waals surface area contributed by atoms with Crippen molar-refractivity contribution < 1.29 is 4.74 Å². The van der Waals surface area contributed by atoms with Gasteiger partial charge in [-0.1, -0.05) is 6.42 Å². The van der Waals surface area contributed by atoms with Crippen LogP contribution < -0.4 is 16.6 Å². The second-order valence-corrected chi connectivity index (χ2v) is 4.78. The zero-order valence-corrected chi connectivity index (χ0v) is 11.6. The largest absolute Gasteiger partial charge is 0.383 e. The molecule has 1 saturated heterocycles. The number of nitrogens with two attached hydrogens (primary N) is 1. The molecule has 1 rings (SSSR count). The molecule has 0 aromatic carbocycles. The number of methoxy groups -OCH3 is 1. The summed E-state index contributed by atoms with van der Waals surface area (Å²) in [6.45, 7) is 6.84. The number of likely N-dealkylation sites (tertiary alicyclic amines) is 1. The van der Waals surface area contributed by atoms with Crippen LogP contribution in [0.1, 0.15) is 26.2 Å². The lowest BCUT2D eigenvalue weighted by atomic mass is 10.1. The summed E-state index contributed by atoms with van der Waals surface area (Å²) in [5.74, 6) is 6.07. The highest BCUT2D eigenvalue weighted by atomic mass is 16.5. The van der Waals surface area contributed by atoms with Gasteiger partial charge in [0.2, 0.25) is 5.96 Å². The van der Waals surface area contributed by atoms with Gasteiger partial charge in [0.25, 0.3) is 0 Å². The highest BCUT2D eigenvalue weighted by Crippen LogP contribution is 2.07. The van der Waals surface area contributed by atoms with Gasteiger partial charge in [0.05, 0.1) is 13.2 Å². The zero-order chi connectivity index (χ0) is 13.2. The molecule has 1 fully saturated rings.